The lowest BCUT2D eigenvalue weighted by molar-refractivity contribution is -0.146. The molecule has 28 heavy (non-hydrogen) atoms. The molecule has 154 valence electrons. The fourth-order valence-electron chi connectivity index (χ4n) is 5.33. The van der Waals surface area contributed by atoms with Crippen LogP contribution in [0.3, 0.4) is 0 Å². The molecule has 3 fully saturated rings. The van der Waals surface area contributed by atoms with Gasteiger partial charge >= 0.3 is 0 Å². The van der Waals surface area contributed by atoms with Gasteiger partial charge in [-0.25, -0.2) is 0 Å². The van der Waals surface area contributed by atoms with Crippen molar-refractivity contribution in [1.29, 1.82) is 0 Å². The van der Waals surface area contributed by atoms with Gasteiger partial charge in [0, 0.05) is 29.6 Å². The Kier molecular flexibility index (Phi) is 6.29. The van der Waals surface area contributed by atoms with Gasteiger partial charge in [-0.1, -0.05) is 30.7 Å². The van der Waals surface area contributed by atoms with Crippen LogP contribution in [0.25, 0.3) is 0 Å². The van der Waals surface area contributed by atoms with Crippen LogP contribution in [-0.4, -0.2) is 72.5 Å². The van der Waals surface area contributed by atoms with Crippen LogP contribution in [0.2, 0.25) is 5.02 Å². The van der Waals surface area contributed by atoms with Crippen molar-refractivity contribution < 1.29 is 4.79 Å². The van der Waals surface area contributed by atoms with Gasteiger partial charge in [0.25, 0.3) is 0 Å². The first-order valence-corrected chi connectivity index (χ1v) is 11.4. The first-order chi connectivity index (χ1) is 13.6. The quantitative estimate of drug-likeness (QED) is 0.750. The van der Waals surface area contributed by atoms with E-state index in [0.29, 0.717) is 11.8 Å². The lowest BCUT2D eigenvalue weighted by Crippen LogP contribution is -2.63. The molecule has 1 aromatic rings. The number of hydrogen-bond donors (Lipinski definition) is 0. The molecule has 5 heteroatoms. The fourth-order valence-corrected chi connectivity index (χ4v) is 5.46. The number of hydrogen-bond acceptors (Lipinski definition) is 3. The third-order valence-electron chi connectivity index (χ3n) is 7.15. The summed E-state index contributed by atoms with van der Waals surface area (Å²) in [5.41, 5.74) is 1.45. The molecule has 3 aliphatic heterocycles. The molecule has 1 spiro atoms. The Morgan fingerprint density at radius 3 is 2.32 bits per heavy atom. The smallest absolute Gasteiger partial charge is 0.227 e. The fraction of sp³-hybridized carbons (Fsp3) is 0.696. The van der Waals surface area contributed by atoms with Gasteiger partial charge in [0.15, 0.2) is 0 Å². The van der Waals surface area contributed by atoms with Gasteiger partial charge in [0.1, 0.15) is 0 Å². The van der Waals surface area contributed by atoms with E-state index >= 15 is 0 Å². The van der Waals surface area contributed by atoms with E-state index in [2.05, 4.69) is 21.6 Å². The van der Waals surface area contributed by atoms with E-state index in [1.807, 2.05) is 24.3 Å². The minimum absolute atomic E-state index is 0.263. The van der Waals surface area contributed by atoms with Crippen molar-refractivity contribution in [2.45, 2.75) is 51.5 Å². The second-order valence-corrected chi connectivity index (χ2v) is 9.60. The molecule has 3 saturated heterocycles. The van der Waals surface area contributed by atoms with E-state index < -0.39 is 0 Å². The molecular formula is C23H34ClN3O. The number of carbonyl (C=O) groups is 1. The Bertz CT molecular complexity index is 653. The van der Waals surface area contributed by atoms with Gasteiger partial charge in [0.2, 0.25) is 5.91 Å². The Hall–Kier alpha value is -1.10. The minimum atomic E-state index is 0.263. The van der Waals surface area contributed by atoms with Crippen molar-refractivity contribution >= 4 is 17.5 Å². The van der Waals surface area contributed by atoms with E-state index in [1.165, 1.54) is 64.8 Å². The molecule has 0 radical (unpaired) electrons. The highest BCUT2D eigenvalue weighted by Crippen LogP contribution is 2.41. The van der Waals surface area contributed by atoms with Crippen molar-refractivity contribution in [1.82, 2.24) is 14.7 Å². The van der Waals surface area contributed by atoms with Gasteiger partial charge in [-0.3, -0.25) is 4.79 Å². The maximum Gasteiger partial charge on any atom is 0.227 e. The Morgan fingerprint density at radius 1 is 1.07 bits per heavy atom. The SMILES string of the molecule is CCCN1CCC(N2CCC3(CC2)CN(C(=O)Cc2ccc(Cl)cc2)C3)CC1. The number of likely N-dealkylation sites (tertiary alicyclic amines) is 3. The van der Waals surface area contributed by atoms with Crippen LogP contribution in [0.5, 0.6) is 0 Å². The lowest BCUT2D eigenvalue weighted by atomic mass is 9.71. The molecule has 1 aromatic carbocycles. The van der Waals surface area contributed by atoms with E-state index in [4.69, 9.17) is 11.6 Å². The predicted molar refractivity (Wildman–Crippen MR) is 115 cm³/mol. The summed E-state index contributed by atoms with van der Waals surface area (Å²) >= 11 is 5.93. The van der Waals surface area contributed by atoms with Crippen LogP contribution in [-0.2, 0) is 11.2 Å². The first kappa shape index (κ1) is 20.2. The molecule has 0 saturated carbocycles. The zero-order valence-electron chi connectivity index (χ0n) is 17.2. The third-order valence-corrected chi connectivity index (χ3v) is 7.40. The monoisotopic (exact) mass is 403 g/mol. The number of benzene rings is 1. The van der Waals surface area contributed by atoms with Crippen LogP contribution >= 0.6 is 11.6 Å². The Balaban J connectivity index is 1.20. The van der Waals surface area contributed by atoms with Crippen molar-refractivity contribution in [2.24, 2.45) is 5.41 Å². The van der Waals surface area contributed by atoms with Gasteiger partial charge in [-0.15, -0.1) is 0 Å². The van der Waals surface area contributed by atoms with Crippen LogP contribution in [0.15, 0.2) is 24.3 Å². The molecule has 3 heterocycles. The van der Waals surface area contributed by atoms with E-state index in [0.717, 1.165) is 29.7 Å². The number of piperidine rings is 2. The van der Waals surface area contributed by atoms with E-state index in [1.54, 1.807) is 0 Å². The van der Waals surface area contributed by atoms with Crippen LogP contribution < -0.4 is 0 Å². The number of amides is 1. The molecule has 4 nitrogen and oxygen atoms in total. The summed E-state index contributed by atoms with van der Waals surface area (Å²) in [6, 6.07) is 8.43. The lowest BCUT2D eigenvalue weighted by Gasteiger charge is -2.55. The highest BCUT2D eigenvalue weighted by molar-refractivity contribution is 6.30. The molecule has 0 N–H and O–H groups in total. The molecule has 0 atom stereocenters. The summed E-state index contributed by atoms with van der Waals surface area (Å²) in [4.78, 5) is 20.0. The average molecular weight is 404 g/mol. The maximum absolute atomic E-state index is 12.6. The van der Waals surface area contributed by atoms with Crippen LogP contribution in [0.1, 0.15) is 44.6 Å². The highest BCUT2D eigenvalue weighted by Gasteiger charge is 2.47. The molecular weight excluding hydrogens is 370 g/mol. The average Bonchev–Trinajstić information content (AvgIpc) is 2.69. The largest absolute Gasteiger partial charge is 0.341 e. The minimum Gasteiger partial charge on any atom is -0.341 e. The summed E-state index contributed by atoms with van der Waals surface area (Å²) in [6.45, 7) is 10.4. The van der Waals surface area contributed by atoms with E-state index in [-0.39, 0.29) is 5.91 Å². The number of halogens is 1. The summed E-state index contributed by atoms with van der Waals surface area (Å²) < 4.78 is 0. The normalized spacial score (nSPS) is 23.7. The van der Waals surface area contributed by atoms with Gasteiger partial charge in [-0.2, -0.15) is 0 Å². The standard InChI is InChI=1S/C23H34ClN3O/c1-2-11-25-12-7-21(8-13-25)26-14-9-23(10-15-26)17-27(18-23)22(28)16-19-3-5-20(24)6-4-19/h3-6,21H,2,7-18H2,1H3. The van der Waals surface area contributed by atoms with Crippen molar-refractivity contribution in [3.8, 4) is 0 Å². The third kappa shape index (κ3) is 4.55. The van der Waals surface area contributed by atoms with Gasteiger partial charge in [0.05, 0.1) is 6.42 Å². The number of nitrogens with zero attached hydrogens (tertiary/aromatic N) is 3. The number of rotatable bonds is 5. The zero-order chi connectivity index (χ0) is 19.6. The second kappa shape index (κ2) is 8.73. The number of carbonyl (C=O) groups excluding carboxylic acids is 1. The summed E-state index contributed by atoms with van der Waals surface area (Å²) in [7, 11) is 0. The van der Waals surface area contributed by atoms with Crippen molar-refractivity contribution in [3.05, 3.63) is 34.9 Å². The Morgan fingerprint density at radius 2 is 1.71 bits per heavy atom. The summed E-state index contributed by atoms with van der Waals surface area (Å²) in [5, 5.41) is 0.724. The second-order valence-electron chi connectivity index (χ2n) is 9.16. The maximum atomic E-state index is 12.6. The van der Waals surface area contributed by atoms with Crippen molar-refractivity contribution in [3.63, 3.8) is 0 Å². The zero-order valence-corrected chi connectivity index (χ0v) is 18.0. The van der Waals surface area contributed by atoms with Crippen LogP contribution in [0, 0.1) is 5.41 Å². The summed E-state index contributed by atoms with van der Waals surface area (Å²) in [6.07, 6.45) is 6.94. The molecule has 3 aliphatic rings. The molecule has 4 rings (SSSR count). The first-order valence-electron chi connectivity index (χ1n) is 11.1. The molecule has 0 unspecified atom stereocenters. The van der Waals surface area contributed by atoms with Gasteiger partial charge in [-0.05, 0) is 82.5 Å². The van der Waals surface area contributed by atoms with Gasteiger partial charge < -0.3 is 14.7 Å². The summed E-state index contributed by atoms with van der Waals surface area (Å²) in [5.74, 6) is 0.263. The molecule has 0 aromatic heterocycles. The predicted octanol–water partition coefficient (Wildman–Crippen LogP) is 3.68. The molecule has 1 amide bonds. The Labute approximate surface area is 174 Å². The van der Waals surface area contributed by atoms with E-state index in [9.17, 15) is 4.79 Å². The molecule has 0 bridgehead atoms. The van der Waals surface area contributed by atoms with Crippen LogP contribution in [0.4, 0.5) is 0 Å². The highest BCUT2D eigenvalue weighted by atomic mass is 35.5. The topological polar surface area (TPSA) is 26.8 Å². The van der Waals surface area contributed by atoms with Crippen molar-refractivity contribution in [2.75, 3.05) is 45.8 Å². The molecule has 0 aliphatic carbocycles.